The van der Waals surface area contributed by atoms with Crippen molar-refractivity contribution in [3.05, 3.63) is 58.7 Å². The molecule has 35 heavy (non-hydrogen) atoms. The molecule has 0 atom stereocenters. The van der Waals surface area contributed by atoms with E-state index < -0.39 is 0 Å². The lowest BCUT2D eigenvalue weighted by atomic mass is 10.1. The van der Waals surface area contributed by atoms with Crippen LogP contribution in [0.25, 0.3) is 5.69 Å². The summed E-state index contributed by atoms with van der Waals surface area (Å²) in [4.78, 5) is 29.3. The van der Waals surface area contributed by atoms with Crippen LogP contribution in [0.3, 0.4) is 0 Å². The number of aromatic nitrogens is 4. The average Bonchev–Trinajstić information content (AvgIpc) is 3.31. The molecule has 0 radical (unpaired) electrons. The topological polar surface area (TPSA) is 96.2 Å². The maximum absolute atomic E-state index is 12.8. The van der Waals surface area contributed by atoms with Crippen molar-refractivity contribution in [1.82, 2.24) is 30.0 Å². The van der Waals surface area contributed by atoms with E-state index in [-0.39, 0.29) is 17.6 Å². The molecule has 2 amide bonds. The molecular weight excluding hydrogens is 462 g/mol. The molecule has 184 valence electrons. The Balaban J connectivity index is 1.25. The van der Waals surface area contributed by atoms with Crippen LogP contribution in [-0.2, 0) is 9.59 Å². The molecule has 0 aliphatic carbocycles. The van der Waals surface area contributed by atoms with Gasteiger partial charge in [0.15, 0.2) is 0 Å². The second-order valence-corrected chi connectivity index (χ2v) is 9.84. The van der Waals surface area contributed by atoms with E-state index in [9.17, 15) is 9.59 Å². The van der Waals surface area contributed by atoms with E-state index in [4.69, 9.17) is 0 Å². The van der Waals surface area contributed by atoms with Gasteiger partial charge in [0, 0.05) is 31.9 Å². The molecule has 1 N–H and O–H groups in total. The summed E-state index contributed by atoms with van der Waals surface area (Å²) in [5.41, 5.74) is 6.22. The summed E-state index contributed by atoms with van der Waals surface area (Å²) in [5, 5.41) is 15.6. The van der Waals surface area contributed by atoms with Crippen molar-refractivity contribution in [2.75, 3.05) is 43.8 Å². The number of carbonyl (C=O) groups is 2. The zero-order valence-electron chi connectivity index (χ0n) is 20.6. The number of aryl methyl sites for hydroxylation is 4. The second-order valence-electron chi connectivity index (χ2n) is 8.90. The number of carbonyl (C=O) groups excluding carboxylic acids is 2. The van der Waals surface area contributed by atoms with Gasteiger partial charge in [-0.25, -0.2) is 0 Å². The monoisotopic (exact) mass is 493 g/mol. The van der Waals surface area contributed by atoms with Gasteiger partial charge in [-0.15, -0.1) is 5.10 Å². The zero-order chi connectivity index (χ0) is 24.9. The van der Waals surface area contributed by atoms with E-state index in [1.165, 1.54) is 17.3 Å². The van der Waals surface area contributed by atoms with Crippen molar-refractivity contribution >= 4 is 29.3 Å². The molecular formula is C25H31N7O2S. The Hall–Kier alpha value is -3.24. The van der Waals surface area contributed by atoms with Crippen molar-refractivity contribution in [2.45, 2.75) is 32.9 Å². The molecule has 3 aromatic rings. The molecule has 1 fully saturated rings. The van der Waals surface area contributed by atoms with Crippen LogP contribution in [-0.4, -0.2) is 80.3 Å². The third-order valence-electron chi connectivity index (χ3n) is 6.34. The van der Waals surface area contributed by atoms with Gasteiger partial charge in [-0.2, -0.15) is 4.68 Å². The van der Waals surface area contributed by atoms with Gasteiger partial charge in [0.25, 0.3) is 0 Å². The predicted octanol–water partition coefficient (Wildman–Crippen LogP) is 2.77. The molecule has 2 aromatic carbocycles. The van der Waals surface area contributed by atoms with Crippen molar-refractivity contribution in [3.63, 3.8) is 0 Å². The van der Waals surface area contributed by atoms with Crippen LogP contribution in [0.4, 0.5) is 5.69 Å². The Morgan fingerprint density at radius 3 is 2.34 bits per heavy atom. The Kier molecular flexibility index (Phi) is 7.82. The smallest absolute Gasteiger partial charge is 0.238 e. The summed E-state index contributed by atoms with van der Waals surface area (Å²) in [6, 6.07) is 12.0. The van der Waals surface area contributed by atoms with Crippen molar-refractivity contribution < 1.29 is 9.59 Å². The maximum Gasteiger partial charge on any atom is 0.238 e. The highest BCUT2D eigenvalue weighted by Crippen LogP contribution is 2.21. The number of rotatable bonds is 7. The van der Waals surface area contributed by atoms with Gasteiger partial charge in [0.2, 0.25) is 17.0 Å². The van der Waals surface area contributed by atoms with Crippen LogP contribution in [0.15, 0.2) is 41.6 Å². The normalized spacial score (nSPS) is 14.2. The van der Waals surface area contributed by atoms with Crippen LogP contribution in [0.2, 0.25) is 0 Å². The summed E-state index contributed by atoms with van der Waals surface area (Å²) >= 11 is 1.33. The first-order valence-corrected chi connectivity index (χ1v) is 12.7. The summed E-state index contributed by atoms with van der Waals surface area (Å²) in [5.74, 6) is 0.276. The maximum atomic E-state index is 12.8. The number of anilines is 1. The van der Waals surface area contributed by atoms with Gasteiger partial charge in [0.05, 0.1) is 18.0 Å². The molecule has 0 bridgehead atoms. The van der Waals surface area contributed by atoms with Gasteiger partial charge < -0.3 is 10.2 Å². The van der Waals surface area contributed by atoms with Crippen molar-refractivity contribution in [1.29, 1.82) is 0 Å². The van der Waals surface area contributed by atoms with Gasteiger partial charge in [-0.05, 0) is 72.5 Å². The van der Waals surface area contributed by atoms with E-state index in [0.29, 0.717) is 37.9 Å². The fourth-order valence-corrected chi connectivity index (χ4v) is 4.85. The molecule has 0 saturated carbocycles. The minimum Gasteiger partial charge on any atom is -0.339 e. The standard InChI is InChI=1S/C25H31N7O2S/c1-17-8-9-21(14-20(17)4)32-25(27-28-29-32)35-16-23(34)31-12-10-30(11-13-31)15-22(33)26-24-18(2)6-5-7-19(24)3/h5-9,14H,10-13,15-16H2,1-4H3,(H,26,33). The summed E-state index contributed by atoms with van der Waals surface area (Å²) in [6.45, 7) is 10.9. The highest BCUT2D eigenvalue weighted by atomic mass is 32.2. The number of piperazine rings is 1. The molecule has 1 aliphatic rings. The largest absolute Gasteiger partial charge is 0.339 e. The van der Waals surface area contributed by atoms with E-state index in [2.05, 4.69) is 32.7 Å². The van der Waals surface area contributed by atoms with Crippen molar-refractivity contribution in [3.8, 4) is 5.69 Å². The molecule has 4 rings (SSSR count). The molecule has 0 spiro atoms. The van der Waals surface area contributed by atoms with Crippen LogP contribution < -0.4 is 5.32 Å². The Morgan fingerprint density at radius 1 is 0.943 bits per heavy atom. The van der Waals surface area contributed by atoms with Gasteiger partial charge in [0.1, 0.15) is 0 Å². The zero-order valence-corrected chi connectivity index (χ0v) is 21.4. The van der Waals surface area contributed by atoms with E-state index in [0.717, 1.165) is 28.1 Å². The van der Waals surface area contributed by atoms with Gasteiger partial charge >= 0.3 is 0 Å². The van der Waals surface area contributed by atoms with E-state index >= 15 is 0 Å². The van der Waals surface area contributed by atoms with Crippen molar-refractivity contribution in [2.24, 2.45) is 0 Å². The number of thioether (sulfide) groups is 1. The first kappa shape index (κ1) is 24.9. The van der Waals surface area contributed by atoms with Gasteiger partial charge in [-0.1, -0.05) is 36.0 Å². The summed E-state index contributed by atoms with van der Waals surface area (Å²) in [6.07, 6.45) is 0. The second kappa shape index (κ2) is 11.0. The molecule has 0 unspecified atom stereocenters. The predicted molar refractivity (Wildman–Crippen MR) is 137 cm³/mol. The Labute approximate surface area is 209 Å². The number of amides is 2. The fourth-order valence-electron chi connectivity index (χ4n) is 4.05. The SMILES string of the molecule is Cc1ccc(-n2nnnc2SCC(=O)N2CCN(CC(=O)Nc3c(C)cccc3C)CC2)cc1C. The van der Waals surface area contributed by atoms with Gasteiger partial charge in [-0.3, -0.25) is 14.5 Å². The number of hydrogen-bond acceptors (Lipinski definition) is 7. The lowest BCUT2D eigenvalue weighted by molar-refractivity contribution is -0.130. The minimum atomic E-state index is -0.0316. The van der Waals surface area contributed by atoms with E-state index in [1.807, 2.05) is 62.1 Å². The molecule has 1 aliphatic heterocycles. The first-order valence-electron chi connectivity index (χ1n) is 11.7. The Bertz CT molecular complexity index is 1200. The third-order valence-corrected chi connectivity index (χ3v) is 7.24. The van der Waals surface area contributed by atoms with Crippen LogP contribution in [0.5, 0.6) is 0 Å². The highest BCUT2D eigenvalue weighted by Gasteiger charge is 2.23. The van der Waals surface area contributed by atoms with Crippen LogP contribution in [0, 0.1) is 27.7 Å². The van der Waals surface area contributed by atoms with Crippen LogP contribution >= 0.6 is 11.8 Å². The van der Waals surface area contributed by atoms with E-state index in [1.54, 1.807) is 4.68 Å². The summed E-state index contributed by atoms with van der Waals surface area (Å²) < 4.78 is 1.66. The molecule has 10 heteroatoms. The fraction of sp³-hybridized carbons (Fsp3) is 0.400. The van der Waals surface area contributed by atoms with Crippen LogP contribution in [0.1, 0.15) is 22.3 Å². The Morgan fingerprint density at radius 2 is 1.66 bits per heavy atom. The number of benzene rings is 2. The summed E-state index contributed by atoms with van der Waals surface area (Å²) in [7, 11) is 0. The molecule has 2 heterocycles. The molecule has 1 saturated heterocycles. The first-order chi connectivity index (χ1) is 16.8. The quantitative estimate of drug-likeness (QED) is 0.506. The molecule has 9 nitrogen and oxygen atoms in total. The number of nitrogens with zero attached hydrogens (tertiary/aromatic N) is 6. The number of nitrogens with one attached hydrogen (secondary N) is 1. The minimum absolute atomic E-state index is 0.0316. The third kappa shape index (κ3) is 6.07. The lowest BCUT2D eigenvalue weighted by Gasteiger charge is -2.34. The lowest BCUT2D eigenvalue weighted by Crippen LogP contribution is -2.51. The number of para-hydroxylation sites is 1. The number of hydrogen-bond donors (Lipinski definition) is 1. The number of tetrazole rings is 1. The average molecular weight is 494 g/mol. The highest BCUT2D eigenvalue weighted by molar-refractivity contribution is 7.99. The molecule has 1 aromatic heterocycles.